The lowest BCUT2D eigenvalue weighted by Crippen LogP contribution is -2.47. The van der Waals surface area contributed by atoms with E-state index in [1.165, 1.54) is 0 Å². The van der Waals surface area contributed by atoms with E-state index in [9.17, 15) is 14.7 Å². The van der Waals surface area contributed by atoms with Crippen LogP contribution in [-0.4, -0.2) is 49.5 Å². The van der Waals surface area contributed by atoms with Crippen LogP contribution >= 0.6 is 0 Å². The van der Waals surface area contributed by atoms with Gasteiger partial charge in [0.1, 0.15) is 17.7 Å². The quantitative estimate of drug-likeness (QED) is 0.245. The number of carbonyl (C=O) groups is 2. The molecule has 0 aliphatic carbocycles. The van der Waals surface area contributed by atoms with Crippen molar-refractivity contribution in [3.05, 3.63) is 103 Å². The van der Waals surface area contributed by atoms with Gasteiger partial charge in [0.25, 0.3) is 5.91 Å². The van der Waals surface area contributed by atoms with Gasteiger partial charge in [-0.15, -0.1) is 0 Å². The number of aromatic nitrogens is 4. The number of fused-ring (bicyclic) bond motifs is 1. The highest BCUT2D eigenvalue weighted by Gasteiger charge is 2.25. The predicted octanol–water partition coefficient (Wildman–Crippen LogP) is 5.16. The summed E-state index contributed by atoms with van der Waals surface area (Å²) in [7, 11) is 0. The van der Waals surface area contributed by atoms with E-state index < -0.39 is 17.9 Å². The maximum atomic E-state index is 13.2. The van der Waals surface area contributed by atoms with E-state index in [-0.39, 0.29) is 12.5 Å². The Morgan fingerprint density at radius 3 is 2.46 bits per heavy atom. The minimum absolute atomic E-state index is 0.00938. The second kappa shape index (κ2) is 11.1. The zero-order valence-corrected chi connectivity index (χ0v) is 21.6. The molecular weight excluding hydrogens is 492 g/mol. The van der Waals surface area contributed by atoms with Crippen LogP contribution in [0.5, 0.6) is 0 Å². The normalized spacial score (nSPS) is 11.9. The standard InChI is InChI=1S/C30H28N6O3/c1-19(2)28-32-15-13-24(34-28)25-17-21-16-20(11-12-23(21)33-25)29(37)35-26(30(38)39)18-36(22-8-4-3-5-9-22)27-10-6-7-14-31-27/h3-17,19,26,33H,18H2,1-2H3,(H,35,37)(H,38,39)/t26-/m0/s1. The fourth-order valence-corrected chi connectivity index (χ4v) is 4.28. The number of aromatic amines is 1. The van der Waals surface area contributed by atoms with Gasteiger partial charge in [0.2, 0.25) is 0 Å². The van der Waals surface area contributed by atoms with Crippen molar-refractivity contribution in [2.24, 2.45) is 0 Å². The number of hydrogen-bond acceptors (Lipinski definition) is 6. The van der Waals surface area contributed by atoms with E-state index in [0.29, 0.717) is 11.4 Å². The summed E-state index contributed by atoms with van der Waals surface area (Å²) in [6.45, 7) is 4.06. The highest BCUT2D eigenvalue weighted by Crippen LogP contribution is 2.26. The van der Waals surface area contributed by atoms with Crippen LogP contribution in [0, 0.1) is 0 Å². The van der Waals surface area contributed by atoms with Gasteiger partial charge in [-0.2, -0.15) is 0 Å². The number of aliphatic carboxylic acids is 1. The van der Waals surface area contributed by atoms with Gasteiger partial charge >= 0.3 is 5.97 Å². The van der Waals surface area contributed by atoms with Crippen molar-refractivity contribution >= 4 is 34.3 Å². The molecule has 3 aromatic heterocycles. The molecule has 0 fully saturated rings. The highest BCUT2D eigenvalue weighted by molar-refractivity contribution is 6.00. The number of pyridine rings is 1. The van der Waals surface area contributed by atoms with Crippen molar-refractivity contribution in [3.8, 4) is 11.4 Å². The summed E-state index contributed by atoms with van der Waals surface area (Å²) in [5.41, 5.74) is 3.53. The van der Waals surface area contributed by atoms with Crippen molar-refractivity contribution in [1.29, 1.82) is 0 Å². The number of amides is 1. The molecule has 0 spiro atoms. The first kappa shape index (κ1) is 25.6. The molecule has 196 valence electrons. The highest BCUT2D eigenvalue weighted by atomic mass is 16.4. The van der Waals surface area contributed by atoms with E-state index in [4.69, 9.17) is 0 Å². The Morgan fingerprint density at radius 1 is 0.949 bits per heavy atom. The van der Waals surface area contributed by atoms with E-state index in [1.54, 1.807) is 47.6 Å². The number of anilines is 2. The molecule has 1 atom stereocenters. The Bertz CT molecular complexity index is 1560. The molecule has 9 heteroatoms. The zero-order valence-electron chi connectivity index (χ0n) is 21.6. The Morgan fingerprint density at radius 2 is 1.74 bits per heavy atom. The van der Waals surface area contributed by atoms with E-state index >= 15 is 0 Å². The van der Waals surface area contributed by atoms with Crippen LogP contribution in [0.3, 0.4) is 0 Å². The lowest BCUT2D eigenvalue weighted by molar-refractivity contribution is -0.138. The summed E-state index contributed by atoms with van der Waals surface area (Å²) >= 11 is 0. The van der Waals surface area contributed by atoms with Crippen LogP contribution in [0.2, 0.25) is 0 Å². The number of carboxylic acids is 1. The molecule has 3 N–H and O–H groups in total. The molecule has 39 heavy (non-hydrogen) atoms. The molecule has 0 bridgehead atoms. The number of nitrogens with one attached hydrogen (secondary N) is 2. The molecule has 0 aliphatic rings. The van der Waals surface area contributed by atoms with Gasteiger partial charge in [0.05, 0.1) is 17.9 Å². The topological polar surface area (TPSA) is 124 Å². The van der Waals surface area contributed by atoms with Crippen molar-refractivity contribution < 1.29 is 14.7 Å². The molecule has 0 saturated carbocycles. The summed E-state index contributed by atoms with van der Waals surface area (Å²) < 4.78 is 0. The van der Waals surface area contributed by atoms with Crippen molar-refractivity contribution in [2.75, 3.05) is 11.4 Å². The molecule has 2 aromatic carbocycles. The summed E-state index contributed by atoms with van der Waals surface area (Å²) in [6.07, 6.45) is 3.38. The summed E-state index contributed by atoms with van der Waals surface area (Å²) in [4.78, 5) is 43.9. The lowest BCUT2D eigenvalue weighted by atomic mass is 10.1. The molecule has 9 nitrogen and oxygen atoms in total. The predicted molar refractivity (Wildman–Crippen MR) is 150 cm³/mol. The molecule has 5 rings (SSSR count). The number of benzene rings is 2. The average molecular weight is 521 g/mol. The minimum Gasteiger partial charge on any atom is -0.480 e. The van der Waals surface area contributed by atoms with Gasteiger partial charge < -0.3 is 20.3 Å². The van der Waals surface area contributed by atoms with Crippen LogP contribution in [0.4, 0.5) is 11.5 Å². The summed E-state index contributed by atoms with van der Waals surface area (Å²) in [5, 5.41) is 13.5. The summed E-state index contributed by atoms with van der Waals surface area (Å²) in [6, 6.07) is 22.6. The van der Waals surface area contributed by atoms with E-state index in [1.807, 2.05) is 62.4 Å². The number of H-pyrrole nitrogens is 1. The van der Waals surface area contributed by atoms with Crippen LogP contribution < -0.4 is 10.2 Å². The van der Waals surface area contributed by atoms with Gasteiger partial charge in [0, 0.05) is 40.5 Å². The first-order valence-corrected chi connectivity index (χ1v) is 12.6. The molecule has 0 aliphatic heterocycles. The minimum atomic E-state index is -1.19. The SMILES string of the molecule is CC(C)c1nccc(-c2cc3cc(C(=O)N[C@@H](CN(c4ccccc4)c4ccccn4)C(=O)O)ccc3[nH]2)n1. The maximum absolute atomic E-state index is 13.2. The lowest BCUT2D eigenvalue weighted by Gasteiger charge is -2.27. The second-order valence-corrected chi connectivity index (χ2v) is 9.44. The largest absolute Gasteiger partial charge is 0.480 e. The van der Waals surface area contributed by atoms with Crippen molar-refractivity contribution in [1.82, 2.24) is 25.3 Å². The number of hydrogen-bond donors (Lipinski definition) is 3. The Kier molecular flexibility index (Phi) is 7.31. The fraction of sp³-hybridized carbons (Fsp3) is 0.167. The molecule has 1 amide bonds. The van der Waals surface area contributed by atoms with E-state index in [0.717, 1.165) is 33.8 Å². The van der Waals surface area contributed by atoms with Crippen molar-refractivity contribution in [2.45, 2.75) is 25.8 Å². The fourth-order valence-electron chi connectivity index (χ4n) is 4.28. The average Bonchev–Trinajstić information content (AvgIpc) is 3.39. The smallest absolute Gasteiger partial charge is 0.328 e. The molecule has 0 unspecified atom stereocenters. The number of para-hydroxylation sites is 1. The maximum Gasteiger partial charge on any atom is 0.328 e. The Labute approximate surface area is 225 Å². The van der Waals surface area contributed by atoms with Gasteiger partial charge in [0.15, 0.2) is 0 Å². The summed E-state index contributed by atoms with van der Waals surface area (Å²) in [5.74, 6) is -0.0977. The molecule has 0 saturated heterocycles. The van der Waals surface area contributed by atoms with Gasteiger partial charge in [-0.25, -0.2) is 19.7 Å². The number of carboxylic acid groups (broad SMARTS) is 1. The number of rotatable bonds is 9. The monoisotopic (exact) mass is 520 g/mol. The van der Waals surface area contributed by atoms with Crippen LogP contribution in [-0.2, 0) is 4.79 Å². The molecule has 5 aromatic rings. The molecule has 0 radical (unpaired) electrons. The molecular formula is C30H28N6O3. The number of nitrogens with zero attached hydrogens (tertiary/aromatic N) is 4. The van der Waals surface area contributed by atoms with Crippen LogP contribution in [0.25, 0.3) is 22.3 Å². The van der Waals surface area contributed by atoms with Crippen molar-refractivity contribution in [3.63, 3.8) is 0 Å². The first-order chi connectivity index (χ1) is 18.9. The van der Waals surface area contributed by atoms with E-state index in [2.05, 4.69) is 25.3 Å². The third-order valence-corrected chi connectivity index (χ3v) is 6.31. The second-order valence-electron chi connectivity index (χ2n) is 9.44. The zero-order chi connectivity index (χ0) is 27.4. The van der Waals surface area contributed by atoms with Gasteiger partial charge in [-0.05, 0) is 54.6 Å². The third-order valence-electron chi connectivity index (χ3n) is 6.31. The third kappa shape index (κ3) is 5.77. The Balaban J connectivity index is 1.38. The Hall–Kier alpha value is -5.05. The van der Waals surface area contributed by atoms with Crippen LogP contribution in [0.15, 0.2) is 91.3 Å². The van der Waals surface area contributed by atoms with Crippen LogP contribution in [0.1, 0.15) is 35.9 Å². The van der Waals surface area contributed by atoms with Gasteiger partial charge in [-0.3, -0.25) is 4.79 Å². The first-order valence-electron chi connectivity index (χ1n) is 12.6. The number of carbonyl (C=O) groups excluding carboxylic acids is 1. The van der Waals surface area contributed by atoms with Gasteiger partial charge in [-0.1, -0.05) is 38.1 Å². The molecule has 3 heterocycles.